The number of nitrogens with one attached hydrogen (secondary N) is 8. The second kappa shape index (κ2) is 38.3. The SMILES string of the molecule is CC1C2CCC(CC2)C1Nc1cc(-c2ccc(C(C)(C)C)cc2)nc(-c2c[nH]c3ncc(F)cc23)n1.CC1C2CCC(CC2)C1Nc1cc(-c2ccc(C3CC3)cc2)nc(-c2c[nH]c3ncc(F)cc23)n1.CC1C2CCC(CC2)C1Nc1cc(-c2ccccc2C(C)(C)C)nc(-c2c[nH]c3ncc(F)cc23)n1.COc1ccc(-c2cc(NC3C4CCC(CC4)C3C)nc(-c3c[nH]c4ncc(F)cc34)n2)cc1. The quantitative estimate of drug-likeness (QED) is 0.0371. The van der Waals surface area contributed by atoms with E-state index >= 15 is 0 Å². The molecule has 8 bridgehead atoms. The molecule has 13 aliphatic rings. The van der Waals surface area contributed by atoms with Crippen LogP contribution in [0.3, 0.4) is 0 Å². The number of ether oxygens (including phenoxy) is 1. The van der Waals surface area contributed by atoms with Gasteiger partial charge in [-0.1, -0.05) is 142 Å². The lowest BCUT2D eigenvalue weighted by atomic mass is 9.62. The minimum Gasteiger partial charge on any atom is -0.497 e. The van der Waals surface area contributed by atoms with Gasteiger partial charge in [0, 0.05) is 139 Å². The number of halogens is 4. The Kier molecular flexibility index (Phi) is 25.2. The second-order valence-electron chi connectivity index (χ2n) is 43.9. The molecule has 724 valence electrons. The van der Waals surface area contributed by atoms with Gasteiger partial charge in [0.25, 0.3) is 0 Å². The average Bonchev–Trinajstić information content (AvgIpc) is 1.76. The highest BCUT2D eigenvalue weighted by Crippen LogP contribution is 2.52. The fourth-order valence-corrected chi connectivity index (χ4v) is 25.1. The van der Waals surface area contributed by atoms with E-state index in [0.29, 0.717) is 139 Å². The molecule has 13 saturated carbocycles. The lowest BCUT2D eigenvalue weighted by Gasteiger charge is -2.47. The van der Waals surface area contributed by atoms with Gasteiger partial charge in [0.2, 0.25) is 0 Å². The van der Waals surface area contributed by atoms with Gasteiger partial charge >= 0.3 is 0 Å². The summed E-state index contributed by atoms with van der Waals surface area (Å²) in [7, 11) is 1.66. The molecule has 0 saturated heterocycles. The highest BCUT2D eigenvalue weighted by Gasteiger charge is 2.46. The van der Waals surface area contributed by atoms with E-state index in [-0.39, 0.29) is 34.1 Å². The number of hydrogen-bond donors (Lipinski definition) is 8. The largest absolute Gasteiger partial charge is 0.497 e. The smallest absolute Gasteiger partial charge is 0.164 e. The number of H-pyrrole nitrogens is 4. The molecule has 141 heavy (non-hydrogen) atoms. The van der Waals surface area contributed by atoms with Crippen LogP contribution in [0.2, 0.25) is 0 Å². The summed E-state index contributed by atoms with van der Waals surface area (Å²) in [5.74, 6) is 14.0. The molecular weight excluding hydrogens is 1770 g/mol. The molecule has 8 unspecified atom stereocenters. The first-order chi connectivity index (χ1) is 68.2. The number of aromatic amines is 4. The second-order valence-corrected chi connectivity index (χ2v) is 43.9. The molecule has 25 heteroatoms. The maximum atomic E-state index is 14.1. The number of aromatic nitrogens is 16. The molecule has 12 heterocycles. The van der Waals surface area contributed by atoms with Gasteiger partial charge in [-0.25, -0.2) is 77.4 Å². The van der Waals surface area contributed by atoms with Crippen LogP contribution in [-0.2, 0) is 10.8 Å². The topological polar surface area (TPSA) is 275 Å². The number of nitrogens with zero attached hydrogens (tertiary/aromatic N) is 12. The van der Waals surface area contributed by atoms with Crippen molar-refractivity contribution in [3.63, 3.8) is 0 Å². The van der Waals surface area contributed by atoms with Crippen molar-refractivity contribution in [3.8, 4) is 96.3 Å². The average molecular weight is 1890 g/mol. The van der Waals surface area contributed by atoms with E-state index in [0.717, 1.165) is 126 Å². The van der Waals surface area contributed by atoms with Crippen molar-refractivity contribution in [3.05, 3.63) is 235 Å². The van der Waals surface area contributed by atoms with E-state index in [2.05, 4.69) is 221 Å². The van der Waals surface area contributed by atoms with Gasteiger partial charge in [-0.15, -0.1) is 0 Å². The van der Waals surface area contributed by atoms with Crippen molar-refractivity contribution in [2.75, 3.05) is 28.4 Å². The third-order valence-corrected chi connectivity index (χ3v) is 33.4. The molecule has 0 amide bonds. The fourth-order valence-electron chi connectivity index (χ4n) is 25.1. The van der Waals surface area contributed by atoms with Crippen molar-refractivity contribution in [1.82, 2.24) is 79.7 Å². The zero-order valence-corrected chi connectivity index (χ0v) is 82.3. The summed E-state index contributed by atoms with van der Waals surface area (Å²) in [4.78, 5) is 69.0. The molecule has 8 atom stereocenters. The van der Waals surface area contributed by atoms with Gasteiger partial charge in [0.05, 0.1) is 54.7 Å². The number of methoxy groups -OCH3 is 1. The predicted molar refractivity (Wildman–Crippen MR) is 554 cm³/mol. The standard InChI is InChI=1S/2C30H34FN5.C29H30FN5.C27H28FN5O/c1-17-18-5-7-20(8-6-18)27(17)35-26-14-25(19-9-11-21(12-10-19)30(2,3)4)34-29(36-26)24-16-33-28-23(24)13-22(31)15-32-28;1-17-18-9-11-19(12-10-18)27(17)35-26-14-25(21-7-5-6-8-24(21)30(2,3)4)34-29(36-26)23-16-33-28-22(23)13-20(31)15-32-28;1-16-17-2-10-21(11-3-17)27(16)34-26-13-25(20-8-6-19(7-9-20)18-4-5-18)33-29(35-26)24-15-32-28-23(24)12-22(30)14-31-28;1-15-16-3-5-18(6-4-16)25(15)32-24-12-23(17-7-9-20(34-2)10-8-17)31-27(33-24)22-14-30-26-21(22)11-19(28)13-29-26/h9-18,20,27H,5-8H2,1-4H3,(H,32,33)(H,34,35,36);5-8,13-19,27H,9-12H2,1-4H3,(H,32,33)(H,34,35,36);6-9,12-18,21,27H,2-5,10-11H2,1H3,(H,31,32)(H,33,34,35);7-16,18,25H,3-6H2,1-2H3,(H,29,30)(H,31,32,33). The number of hydrogen-bond acceptors (Lipinski definition) is 17. The van der Waals surface area contributed by atoms with Crippen LogP contribution in [0, 0.1) is 94.3 Å². The van der Waals surface area contributed by atoms with E-state index in [4.69, 9.17) is 44.6 Å². The molecule has 21 nitrogen and oxygen atoms in total. The minimum absolute atomic E-state index is 0.0415. The van der Waals surface area contributed by atoms with Crippen LogP contribution in [0.5, 0.6) is 5.75 Å². The molecule has 0 spiro atoms. The Morgan fingerprint density at radius 3 is 0.879 bits per heavy atom. The lowest BCUT2D eigenvalue weighted by Crippen LogP contribution is -2.47. The number of pyridine rings is 4. The summed E-state index contributed by atoms with van der Waals surface area (Å²) in [5.41, 5.74) is 17.1. The van der Waals surface area contributed by atoms with Gasteiger partial charge in [-0.2, -0.15) is 0 Å². The molecule has 13 aliphatic carbocycles. The summed E-state index contributed by atoms with van der Waals surface area (Å²) < 4.78 is 61.6. The van der Waals surface area contributed by atoms with E-state index in [9.17, 15) is 17.6 Å². The first-order valence-electron chi connectivity index (χ1n) is 51.3. The Morgan fingerprint density at radius 2 is 0.589 bits per heavy atom. The molecule has 12 aromatic heterocycles. The fraction of sp³-hybridized carbons (Fsp3) is 0.414. The third-order valence-electron chi connectivity index (χ3n) is 33.4. The first-order valence-corrected chi connectivity index (χ1v) is 51.3. The Morgan fingerprint density at radius 1 is 0.305 bits per heavy atom. The zero-order chi connectivity index (χ0) is 96.8. The molecule has 13 fully saturated rings. The number of anilines is 4. The third kappa shape index (κ3) is 19.1. The minimum atomic E-state index is -0.384. The lowest BCUT2D eigenvalue weighted by molar-refractivity contribution is 0.0928. The van der Waals surface area contributed by atoms with Gasteiger partial charge in [-0.05, 0) is 269 Å². The maximum Gasteiger partial charge on any atom is 0.164 e. The van der Waals surface area contributed by atoms with E-state index in [1.54, 1.807) is 13.3 Å². The van der Waals surface area contributed by atoms with Crippen LogP contribution in [-0.4, -0.2) is 111 Å². The van der Waals surface area contributed by atoms with Crippen LogP contribution in [0.25, 0.3) is 135 Å². The highest BCUT2D eigenvalue weighted by molar-refractivity contribution is 5.95. The number of benzene rings is 4. The van der Waals surface area contributed by atoms with Crippen LogP contribution in [0.4, 0.5) is 40.8 Å². The summed E-state index contributed by atoms with van der Waals surface area (Å²) in [6.45, 7) is 22.9. The van der Waals surface area contributed by atoms with E-state index in [1.165, 1.54) is 181 Å². The van der Waals surface area contributed by atoms with Crippen molar-refractivity contribution in [2.45, 2.75) is 226 Å². The Balaban J connectivity index is 0.000000108. The van der Waals surface area contributed by atoms with E-state index in [1.807, 2.05) is 48.9 Å². The summed E-state index contributed by atoms with van der Waals surface area (Å²) in [5, 5.41) is 18.0. The summed E-state index contributed by atoms with van der Waals surface area (Å²) in [6, 6.07) is 49.7. The number of rotatable bonds is 18. The van der Waals surface area contributed by atoms with Crippen LogP contribution >= 0.6 is 0 Å². The predicted octanol–water partition coefficient (Wildman–Crippen LogP) is 27.7. The van der Waals surface area contributed by atoms with Crippen LogP contribution in [0.15, 0.2) is 195 Å². The molecule has 0 radical (unpaired) electrons. The van der Waals surface area contributed by atoms with Crippen molar-refractivity contribution < 1.29 is 22.3 Å². The Labute approximate surface area is 821 Å². The molecule has 29 rings (SSSR count). The van der Waals surface area contributed by atoms with Crippen molar-refractivity contribution in [1.29, 1.82) is 0 Å². The summed E-state index contributed by atoms with van der Waals surface area (Å²) >= 11 is 0. The monoisotopic (exact) mass is 1890 g/mol. The zero-order valence-electron chi connectivity index (χ0n) is 82.3. The molecule has 0 aliphatic heterocycles. The molecule has 4 aromatic carbocycles. The van der Waals surface area contributed by atoms with Gasteiger partial charge in [0.1, 0.15) is 74.9 Å². The molecule has 8 N–H and O–H groups in total. The van der Waals surface area contributed by atoms with Crippen molar-refractivity contribution in [2.24, 2.45) is 71.0 Å². The van der Waals surface area contributed by atoms with Gasteiger partial charge in [-0.3, -0.25) is 0 Å². The van der Waals surface area contributed by atoms with Crippen LogP contribution < -0.4 is 26.0 Å². The highest BCUT2D eigenvalue weighted by atomic mass is 19.1. The van der Waals surface area contributed by atoms with E-state index < -0.39 is 0 Å². The van der Waals surface area contributed by atoms with Crippen molar-refractivity contribution >= 4 is 67.4 Å². The molecule has 16 aromatic rings. The number of fused-ring (bicyclic) bond motifs is 16. The van der Waals surface area contributed by atoms with Crippen LogP contribution in [0.1, 0.15) is 207 Å². The Bertz CT molecular complexity index is 7220. The van der Waals surface area contributed by atoms with Gasteiger partial charge in [0.15, 0.2) is 23.3 Å². The van der Waals surface area contributed by atoms with Gasteiger partial charge < -0.3 is 45.9 Å². The maximum absolute atomic E-state index is 14.1. The Hall–Kier alpha value is -13.3. The normalized spacial score (nSPS) is 24.3. The molecular formula is C116H126F4N20O. The summed E-state index contributed by atoms with van der Waals surface area (Å²) in [6.07, 6.45) is 35.9. The first kappa shape index (κ1) is 92.7.